The molecule has 2 atom stereocenters. The molecule has 0 bridgehead atoms. The van der Waals surface area contributed by atoms with Gasteiger partial charge in [-0.25, -0.2) is 0 Å². The van der Waals surface area contributed by atoms with Crippen LogP contribution >= 0.6 is 11.3 Å². The second-order valence-electron chi connectivity index (χ2n) is 5.11. The lowest BCUT2D eigenvalue weighted by Crippen LogP contribution is -2.30. The topological polar surface area (TPSA) is 37.8 Å². The minimum atomic E-state index is 0.594. The maximum atomic E-state index is 4.19. The zero-order valence-electron chi connectivity index (χ0n) is 10.4. The van der Waals surface area contributed by atoms with E-state index in [0.717, 1.165) is 28.4 Å². The lowest BCUT2D eigenvalue weighted by Gasteiger charge is -2.31. The fraction of sp³-hybridized carbons (Fsp3) is 0.833. The maximum Gasteiger partial charge on any atom is 0.205 e. The van der Waals surface area contributed by atoms with Crippen LogP contribution in [0, 0.1) is 11.8 Å². The molecule has 1 aromatic heterocycles. The van der Waals surface area contributed by atoms with Gasteiger partial charge in [0.1, 0.15) is 5.01 Å². The molecule has 1 aliphatic rings. The number of hydrogen-bond donors (Lipinski definition) is 1. The molecule has 3 nitrogen and oxygen atoms in total. The molecule has 0 spiro atoms. The van der Waals surface area contributed by atoms with Crippen molar-refractivity contribution in [2.45, 2.75) is 52.5 Å². The molecular weight excluding hydrogens is 218 g/mol. The van der Waals surface area contributed by atoms with E-state index in [0.29, 0.717) is 6.04 Å². The van der Waals surface area contributed by atoms with E-state index in [1.165, 1.54) is 19.3 Å². The predicted molar refractivity (Wildman–Crippen MR) is 68.9 cm³/mol. The van der Waals surface area contributed by atoms with Crippen molar-refractivity contribution in [3.63, 3.8) is 0 Å². The summed E-state index contributed by atoms with van der Waals surface area (Å²) in [4.78, 5) is 0. The van der Waals surface area contributed by atoms with Gasteiger partial charge < -0.3 is 5.32 Å². The number of nitrogens with one attached hydrogen (secondary N) is 1. The van der Waals surface area contributed by atoms with Crippen molar-refractivity contribution in [3.05, 3.63) is 5.01 Å². The fourth-order valence-corrected chi connectivity index (χ4v) is 3.45. The van der Waals surface area contributed by atoms with Crippen molar-refractivity contribution < 1.29 is 0 Å². The number of rotatable bonds is 3. The van der Waals surface area contributed by atoms with E-state index in [1.807, 2.05) is 0 Å². The molecule has 0 saturated heterocycles. The van der Waals surface area contributed by atoms with Crippen LogP contribution < -0.4 is 5.32 Å². The number of hydrogen-bond acceptors (Lipinski definition) is 4. The van der Waals surface area contributed by atoms with Gasteiger partial charge >= 0.3 is 0 Å². The van der Waals surface area contributed by atoms with Gasteiger partial charge in [0.05, 0.1) is 0 Å². The summed E-state index contributed by atoms with van der Waals surface area (Å²) in [6, 6.07) is 0.594. The Kier molecular flexibility index (Phi) is 3.79. The molecule has 0 aromatic carbocycles. The first kappa shape index (κ1) is 11.8. The molecule has 2 rings (SSSR count). The smallest absolute Gasteiger partial charge is 0.205 e. The van der Waals surface area contributed by atoms with Gasteiger partial charge in [-0.05, 0) is 37.5 Å². The lowest BCUT2D eigenvalue weighted by molar-refractivity contribution is 0.280. The number of anilines is 1. The highest BCUT2D eigenvalue weighted by Crippen LogP contribution is 2.31. The van der Waals surface area contributed by atoms with Crippen molar-refractivity contribution in [3.8, 4) is 0 Å². The maximum absolute atomic E-state index is 4.19. The van der Waals surface area contributed by atoms with Crippen molar-refractivity contribution in [2.24, 2.45) is 11.8 Å². The molecule has 0 aliphatic heterocycles. The summed E-state index contributed by atoms with van der Waals surface area (Å²) < 4.78 is 0. The number of aryl methyl sites for hydroxylation is 1. The third kappa shape index (κ3) is 2.94. The van der Waals surface area contributed by atoms with Crippen LogP contribution in [0.1, 0.15) is 45.0 Å². The Bertz CT molecular complexity index is 327. The predicted octanol–water partition coefficient (Wildman–Crippen LogP) is 3.34. The van der Waals surface area contributed by atoms with Gasteiger partial charge in [-0.3, -0.25) is 0 Å². The van der Waals surface area contributed by atoms with Crippen LogP contribution in [0.2, 0.25) is 0 Å². The van der Waals surface area contributed by atoms with E-state index < -0.39 is 0 Å². The normalized spacial score (nSPS) is 30.3. The second kappa shape index (κ2) is 5.13. The van der Waals surface area contributed by atoms with Crippen LogP contribution in [0.3, 0.4) is 0 Å². The van der Waals surface area contributed by atoms with Gasteiger partial charge in [0, 0.05) is 6.04 Å². The van der Waals surface area contributed by atoms with Crippen LogP contribution in [0.25, 0.3) is 0 Å². The van der Waals surface area contributed by atoms with Crippen molar-refractivity contribution >= 4 is 16.5 Å². The van der Waals surface area contributed by atoms with Gasteiger partial charge in [-0.1, -0.05) is 32.1 Å². The van der Waals surface area contributed by atoms with E-state index in [4.69, 9.17) is 0 Å². The molecule has 0 radical (unpaired) electrons. The molecule has 2 unspecified atom stereocenters. The average molecular weight is 239 g/mol. The molecule has 1 fully saturated rings. The van der Waals surface area contributed by atoms with E-state index >= 15 is 0 Å². The van der Waals surface area contributed by atoms with E-state index in [2.05, 4.69) is 36.3 Å². The Morgan fingerprint density at radius 2 is 1.88 bits per heavy atom. The van der Waals surface area contributed by atoms with E-state index in [-0.39, 0.29) is 0 Å². The van der Waals surface area contributed by atoms with Crippen LogP contribution in [-0.2, 0) is 6.42 Å². The van der Waals surface area contributed by atoms with E-state index in [1.54, 1.807) is 11.3 Å². The monoisotopic (exact) mass is 239 g/mol. The quantitative estimate of drug-likeness (QED) is 0.879. The zero-order valence-corrected chi connectivity index (χ0v) is 11.2. The first-order chi connectivity index (χ1) is 7.67. The first-order valence-electron chi connectivity index (χ1n) is 6.26. The van der Waals surface area contributed by atoms with Crippen LogP contribution in [0.15, 0.2) is 0 Å². The molecule has 1 aromatic rings. The van der Waals surface area contributed by atoms with E-state index in [9.17, 15) is 0 Å². The Morgan fingerprint density at radius 1 is 1.19 bits per heavy atom. The molecule has 1 aliphatic carbocycles. The summed E-state index contributed by atoms with van der Waals surface area (Å²) in [5.74, 6) is 1.67. The highest BCUT2D eigenvalue weighted by molar-refractivity contribution is 7.15. The Morgan fingerprint density at radius 3 is 2.44 bits per heavy atom. The van der Waals surface area contributed by atoms with Gasteiger partial charge in [0.2, 0.25) is 5.13 Å². The molecule has 1 saturated carbocycles. The third-order valence-electron chi connectivity index (χ3n) is 3.28. The summed E-state index contributed by atoms with van der Waals surface area (Å²) in [6.07, 6.45) is 4.89. The molecule has 1 heterocycles. The minimum Gasteiger partial charge on any atom is -0.357 e. The Labute approximate surface area is 102 Å². The molecular formula is C12H21N3S. The summed E-state index contributed by atoms with van der Waals surface area (Å²) in [6.45, 7) is 6.82. The SMILES string of the molecule is CCc1nnc(NC2CC(C)CC(C)C2)s1. The number of aromatic nitrogens is 2. The van der Waals surface area contributed by atoms with Gasteiger partial charge in [-0.2, -0.15) is 0 Å². The van der Waals surface area contributed by atoms with Crippen molar-refractivity contribution in [1.82, 2.24) is 10.2 Å². The lowest BCUT2D eigenvalue weighted by atomic mass is 9.80. The number of nitrogens with zero attached hydrogens (tertiary/aromatic N) is 2. The highest BCUT2D eigenvalue weighted by Gasteiger charge is 2.24. The van der Waals surface area contributed by atoms with Crippen LogP contribution in [0.4, 0.5) is 5.13 Å². The van der Waals surface area contributed by atoms with Gasteiger partial charge in [0.15, 0.2) is 0 Å². The summed E-state index contributed by atoms with van der Waals surface area (Å²) in [5, 5.41) is 14.0. The second-order valence-corrected chi connectivity index (χ2v) is 6.18. The molecule has 16 heavy (non-hydrogen) atoms. The van der Waals surface area contributed by atoms with Gasteiger partial charge in [-0.15, -0.1) is 10.2 Å². The van der Waals surface area contributed by atoms with Gasteiger partial charge in [0.25, 0.3) is 0 Å². The van der Waals surface area contributed by atoms with Crippen molar-refractivity contribution in [2.75, 3.05) is 5.32 Å². The van der Waals surface area contributed by atoms with Crippen LogP contribution in [-0.4, -0.2) is 16.2 Å². The third-order valence-corrected chi connectivity index (χ3v) is 4.27. The minimum absolute atomic E-state index is 0.594. The fourth-order valence-electron chi connectivity index (χ4n) is 2.69. The molecule has 90 valence electrons. The summed E-state index contributed by atoms with van der Waals surface area (Å²) in [5.41, 5.74) is 0. The Hall–Kier alpha value is -0.640. The average Bonchev–Trinajstić information content (AvgIpc) is 2.64. The van der Waals surface area contributed by atoms with Crippen molar-refractivity contribution in [1.29, 1.82) is 0 Å². The standard InChI is InChI=1S/C12H21N3S/c1-4-11-14-15-12(16-11)13-10-6-8(2)5-9(3)7-10/h8-10H,4-7H2,1-3H3,(H,13,15). The van der Waals surface area contributed by atoms with Crippen LogP contribution in [0.5, 0.6) is 0 Å². The highest BCUT2D eigenvalue weighted by atomic mass is 32.1. The molecule has 1 N–H and O–H groups in total. The molecule has 0 amide bonds. The largest absolute Gasteiger partial charge is 0.357 e. The molecule has 4 heteroatoms. The summed E-state index contributed by atoms with van der Waals surface area (Å²) >= 11 is 1.70. The zero-order chi connectivity index (χ0) is 11.5. The summed E-state index contributed by atoms with van der Waals surface area (Å²) in [7, 11) is 0. The Balaban J connectivity index is 1.93. The first-order valence-corrected chi connectivity index (χ1v) is 7.08.